The minimum absolute atomic E-state index is 0.00104. The van der Waals surface area contributed by atoms with E-state index < -0.39 is 44.5 Å². The first-order chi connectivity index (χ1) is 36.9. The predicted octanol–water partition coefficient (Wildman–Crippen LogP) is 18.0. The van der Waals surface area contributed by atoms with Gasteiger partial charge in [0.15, 0.2) is 12.6 Å². The number of hydrogen-bond acceptors (Lipinski definition) is 10. The zero-order chi connectivity index (χ0) is 56.8. The van der Waals surface area contributed by atoms with E-state index in [1.165, 1.54) is 135 Å². The van der Waals surface area contributed by atoms with Gasteiger partial charge in [0.2, 0.25) is 5.91 Å². The Balaban J connectivity index is 1.72. The van der Waals surface area contributed by atoms with Crippen LogP contribution in [-0.2, 0) is 46.9 Å². The summed E-state index contributed by atoms with van der Waals surface area (Å²) in [7, 11) is -3.90. The molecular formula is C65H124NO10P. The molecule has 0 aromatic heterocycles. The summed E-state index contributed by atoms with van der Waals surface area (Å²) in [4.78, 5) is 26.8. The van der Waals surface area contributed by atoms with Crippen LogP contribution in [0.4, 0.5) is 0 Å². The molecule has 2 heterocycles. The van der Waals surface area contributed by atoms with Crippen LogP contribution in [0.1, 0.15) is 283 Å². The Labute approximate surface area is 474 Å². The van der Waals surface area contributed by atoms with Crippen LogP contribution in [0.2, 0.25) is 0 Å². The van der Waals surface area contributed by atoms with E-state index in [4.69, 9.17) is 32.7 Å². The molecule has 0 spiro atoms. The molecule has 2 saturated heterocycles. The van der Waals surface area contributed by atoms with Gasteiger partial charge in [0, 0.05) is 31.3 Å². The van der Waals surface area contributed by atoms with Gasteiger partial charge in [0.1, 0.15) is 12.7 Å². The number of rotatable bonds is 42. The monoisotopic (exact) mass is 1110 g/mol. The van der Waals surface area contributed by atoms with Crippen molar-refractivity contribution >= 4 is 19.5 Å². The topological polar surface area (TPSA) is 128 Å². The minimum atomic E-state index is -3.90. The average Bonchev–Trinajstić information content (AvgIpc) is 3.41. The standard InChI is InChI=1S/C65H124NO10P/c1-15-19-21-23-25-27-29-31-33-35-37-39-41-43-59(67)66-56(45-70-60(68)44-42-40-38-36-34-32-30-28-26-24-22-20-16-2)46-71-77(14,69)76-63-61(74-64-54(12)47(5)50(8)57(17-3)72-64)52(10)49(7)53(11)62(63)75-65-55(13)48(6)51(9)58(18-4)73-65/h47-58,61-65H,15-46H2,1-14H3,(H,66,67)/t47-,48?,49?,50-,51-,52?,53-,54?,55+,56+,57?,58?,61?,62?,63?,64+,65+,77?/m0/s1. The summed E-state index contributed by atoms with van der Waals surface area (Å²) in [6.45, 7) is 30.3. The first kappa shape index (κ1) is 70.2. The second-order valence-electron chi connectivity index (χ2n) is 25.4. The maximum atomic E-state index is 15.0. The highest BCUT2D eigenvalue weighted by Crippen LogP contribution is 2.52. The van der Waals surface area contributed by atoms with Gasteiger partial charge in [0.25, 0.3) is 0 Å². The molecule has 12 heteroatoms. The molecule has 2 aliphatic heterocycles. The molecule has 1 saturated carbocycles. The molecule has 0 aromatic carbocycles. The Morgan fingerprint density at radius 1 is 0.442 bits per heavy atom. The molecule has 1 aliphatic carbocycles. The van der Waals surface area contributed by atoms with Gasteiger partial charge < -0.3 is 33.5 Å². The zero-order valence-corrected chi connectivity index (χ0v) is 53.4. The Morgan fingerprint density at radius 2 is 0.792 bits per heavy atom. The lowest BCUT2D eigenvalue weighted by molar-refractivity contribution is -0.320. The summed E-state index contributed by atoms with van der Waals surface area (Å²) in [5.41, 5.74) is 0. The Kier molecular flexibility index (Phi) is 35.9. The summed E-state index contributed by atoms with van der Waals surface area (Å²) in [5, 5.41) is 3.10. The SMILES string of the molecule is CCCCCCCCCCCCCCCC(=O)N[C@H](COC(=O)CCCCCCCCCCCCCCC)COP(C)(=O)OC1C(O[C@H]2OC(CC)[C@@H](C)[C@H](C)C2C)C(C)C(C)[C@H](C)C1O[C@H]1OC(CC)[C@@H](C)C(C)[C@H]1C. The highest BCUT2D eigenvalue weighted by molar-refractivity contribution is 7.53. The molecule has 0 aromatic rings. The maximum absolute atomic E-state index is 15.0. The zero-order valence-electron chi connectivity index (χ0n) is 52.5. The van der Waals surface area contributed by atoms with Gasteiger partial charge in [-0.15, -0.1) is 0 Å². The summed E-state index contributed by atoms with van der Waals surface area (Å²) in [6.07, 6.45) is 31.8. The highest BCUT2D eigenvalue weighted by Gasteiger charge is 2.54. The van der Waals surface area contributed by atoms with Gasteiger partial charge in [-0.05, 0) is 67.1 Å². The van der Waals surface area contributed by atoms with Crippen LogP contribution < -0.4 is 5.32 Å². The fraction of sp³-hybridized carbons (Fsp3) is 0.969. The molecule has 3 aliphatic rings. The van der Waals surface area contributed by atoms with Gasteiger partial charge in [0.05, 0.1) is 37.1 Å². The summed E-state index contributed by atoms with van der Waals surface area (Å²) in [5.74, 6) is 1.48. The van der Waals surface area contributed by atoms with Gasteiger partial charge in [-0.2, -0.15) is 0 Å². The molecule has 10 unspecified atom stereocenters. The fourth-order valence-corrected chi connectivity index (χ4v) is 13.9. The largest absolute Gasteiger partial charge is 0.463 e. The summed E-state index contributed by atoms with van der Waals surface area (Å²) >= 11 is 0. The Morgan fingerprint density at radius 3 is 1.17 bits per heavy atom. The quantitative estimate of drug-likeness (QED) is 0.0358. The van der Waals surface area contributed by atoms with Crippen molar-refractivity contribution in [3.8, 4) is 0 Å². The Bertz CT molecular complexity index is 1530. The third-order valence-electron chi connectivity index (χ3n) is 19.3. The third-order valence-corrected chi connectivity index (χ3v) is 20.6. The molecule has 1 amide bonds. The first-order valence-corrected chi connectivity index (χ1v) is 34.9. The van der Waals surface area contributed by atoms with E-state index in [1.54, 1.807) is 0 Å². The van der Waals surface area contributed by atoms with Crippen molar-refractivity contribution in [3.05, 3.63) is 0 Å². The smallest absolute Gasteiger partial charge is 0.328 e. The number of hydrogen-bond donors (Lipinski definition) is 1. The lowest BCUT2D eigenvalue weighted by atomic mass is 9.69. The van der Waals surface area contributed by atoms with Crippen molar-refractivity contribution in [2.24, 2.45) is 53.3 Å². The normalized spacial score (nSPS) is 31.9. The minimum Gasteiger partial charge on any atom is -0.463 e. The van der Waals surface area contributed by atoms with Gasteiger partial charge in [-0.1, -0.05) is 244 Å². The Hall–Kier alpha value is -1.07. The first-order valence-electron chi connectivity index (χ1n) is 32.9. The van der Waals surface area contributed by atoms with Crippen molar-refractivity contribution in [3.63, 3.8) is 0 Å². The van der Waals surface area contributed by atoms with Crippen molar-refractivity contribution in [1.29, 1.82) is 0 Å². The molecule has 0 bridgehead atoms. The van der Waals surface area contributed by atoms with Crippen molar-refractivity contribution in [2.45, 2.75) is 332 Å². The molecule has 11 nitrogen and oxygen atoms in total. The van der Waals surface area contributed by atoms with E-state index in [9.17, 15) is 9.59 Å². The maximum Gasteiger partial charge on any atom is 0.328 e. The van der Waals surface area contributed by atoms with Crippen LogP contribution in [0.5, 0.6) is 0 Å². The van der Waals surface area contributed by atoms with Gasteiger partial charge in [-0.3, -0.25) is 18.7 Å². The third kappa shape index (κ3) is 25.5. The van der Waals surface area contributed by atoms with Crippen molar-refractivity contribution in [1.82, 2.24) is 5.32 Å². The van der Waals surface area contributed by atoms with E-state index in [0.717, 1.165) is 51.4 Å². The van der Waals surface area contributed by atoms with Gasteiger partial charge >= 0.3 is 13.6 Å². The molecule has 3 fully saturated rings. The average molecular weight is 1110 g/mol. The van der Waals surface area contributed by atoms with E-state index >= 15 is 4.57 Å². The molecule has 0 radical (unpaired) electrons. The van der Waals surface area contributed by atoms with Crippen LogP contribution >= 0.6 is 7.60 Å². The number of nitrogens with one attached hydrogen (secondary N) is 1. The van der Waals surface area contributed by atoms with Gasteiger partial charge in [-0.25, -0.2) is 0 Å². The predicted molar refractivity (Wildman–Crippen MR) is 318 cm³/mol. The van der Waals surface area contributed by atoms with Crippen molar-refractivity contribution < 1.29 is 46.9 Å². The number of unbranched alkanes of at least 4 members (excludes halogenated alkanes) is 24. The van der Waals surface area contributed by atoms with Crippen LogP contribution in [-0.4, -0.2) is 80.9 Å². The van der Waals surface area contributed by atoms with Crippen LogP contribution in [0.15, 0.2) is 0 Å². The lowest BCUT2D eigenvalue weighted by Crippen LogP contribution is -2.60. The number of carbonyl (C=O) groups is 2. The molecule has 18 atom stereocenters. The van der Waals surface area contributed by atoms with E-state index in [-0.39, 0.29) is 66.9 Å². The second kappa shape index (κ2) is 39.4. The number of amides is 1. The number of esters is 1. The number of carbonyl (C=O) groups excluding carboxylic acids is 2. The fourth-order valence-electron chi connectivity index (χ4n) is 12.7. The lowest BCUT2D eigenvalue weighted by Gasteiger charge is -2.53. The van der Waals surface area contributed by atoms with Crippen LogP contribution in [0, 0.1) is 53.3 Å². The molecule has 3 rings (SSSR count). The summed E-state index contributed by atoms with van der Waals surface area (Å²) < 4.78 is 62.0. The van der Waals surface area contributed by atoms with E-state index in [0.29, 0.717) is 36.5 Å². The molecular weight excluding hydrogens is 986 g/mol. The summed E-state index contributed by atoms with van der Waals surface area (Å²) in [6, 6.07) is -0.711. The molecule has 454 valence electrons. The number of ether oxygens (including phenoxy) is 5. The van der Waals surface area contributed by atoms with E-state index in [2.05, 4.69) is 95.3 Å². The van der Waals surface area contributed by atoms with E-state index in [1.807, 2.05) is 0 Å². The van der Waals surface area contributed by atoms with Crippen molar-refractivity contribution in [2.75, 3.05) is 19.9 Å². The molecule has 1 N–H and O–H groups in total. The highest BCUT2D eigenvalue weighted by atomic mass is 31.2. The van der Waals surface area contributed by atoms with Crippen LogP contribution in [0.25, 0.3) is 0 Å². The second-order valence-corrected chi connectivity index (χ2v) is 27.4. The molecule has 77 heavy (non-hydrogen) atoms. The van der Waals surface area contributed by atoms with Crippen LogP contribution in [0.3, 0.4) is 0 Å².